The highest BCUT2D eigenvalue weighted by molar-refractivity contribution is 8.00. The largest absolute Gasteiger partial charge is 0.478 e. The predicted molar refractivity (Wildman–Crippen MR) is 172 cm³/mol. The topological polar surface area (TPSA) is 106 Å². The lowest BCUT2D eigenvalue weighted by atomic mass is 9.95. The van der Waals surface area contributed by atoms with Crippen LogP contribution in [0.2, 0.25) is 0 Å². The van der Waals surface area contributed by atoms with Gasteiger partial charge in [-0.05, 0) is 113 Å². The van der Waals surface area contributed by atoms with E-state index in [0.717, 1.165) is 49.2 Å². The van der Waals surface area contributed by atoms with E-state index < -0.39 is 17.6 Å². The number of nitrogens with one attached hydrogen (secondary N) is 2. The van der Waals surface area contributed by atoms with E-state index in [4.69, 9.17) is 14.5 Å². The van der Waals surface area contributed by atoms with E-state index in [9.17, 15) is 23.1 Å². The van der Waals surface area contributed by atoms with Crippen LogP contribution >= 0.6 is 11.9 Å². The first kappa shape index (κ1) is 34.0. The Kier molecular flexibility index (Phi) is 11.1. The highest BCUT2D eigenvalue weighted by Gasteiger charge is 2.62. The number of ether oxygens (including phenoxy) is 2. The van der Waals surface area contributed by atoms with Gasteiger partial charge in [0.15, 0.2) is 0 Å². The summed E-state index contributed by atoms with van der Waals surface area (Å²) in [5.74, 6) is 0.0733. The fraction of sp³-hybridized carbons (Fsp3) is 0.500. The Bertz CT molecular complexity index is 1480. The lowest BCUT2D eigenvalue weighted by molar-refractivity contribution is -0.189. The second kappa shape index (κ2) is 15.0. The second-order valence-corrected chi connectivity index (χ2v) is 13.2. The molecule has 0 bridgehead atoms. The summed E-state index contributed by atoms with van der Waals surface area (Å²) in [6.45, 7) is 6.34. The number of alkyl halides is 3. The zero-order valence-electron chi connectivity index (χ0n) is 26.2. The molecule has 46 heavy (non-hydrogen) atoms. The Hall–Kier alpha value is -3.35. The molecular formula is C34H41F3N4O4S. The minimum Gasteiger partial charge on any atom is -0.478 e. The number of carbonyl (C=O) groups is 1. The van der Waals surface area contributed by atoms with Crippen LogP contribution in [0.3, 0.4) is 0 Å². The summed E-state index contributed by atoms with van der Waals surface area (Å²) in [6.07, 6.45) is -0.516. The van der Waals surface area contributed by atoms with E-state index in [1.807, 2.05) is 32.0 Å². The molecule has 3 aromatic rings. The number of aromatic nitrogens is 2. The number of benzene rings is 2. The number of rotatable bonds is 15. The first-order valence-corrected chi connectivity index (χ1v) is 16.6. The Morgan fingerprint density at radius 1 is 1.11 bits per heavy atom. The fourth-order valence-electron chi connectivity index (χ4n) is 5.92. The van der Waals surface area contributed by atoms with Crippen LogP contribution in [0.1, 0.15) is 66.4 Å². The van der Waals surface area contributed by atoms with Crippen molar-refractivity contribution in [3.8, 4) is 17.1 Å². The quantitative estimate of drug-likeness (QED) is 0.141. The maximum absolute atomic E-state index is 13.7. The van der Waals surface area contributed by atoms with Gasteiger partial charge in [0.05, 0.1) is 16.7 Å². The SMILES string of the molecule is Cc1cccc(C)c1-c1cc(OCC(CCC2(C(F)(F)F)CC2)NCCC2CCOCC2)nc(NSc2cccc(C(=O)O)c2)n1. The van der Waals surface area contributed by atoms with Gasteiger partial charge >= 0.3 is 12.1 Å². The molecule has 3 N–H and O–H groups in total. The molecule has 1 unspecified atom stereocenters. The van der Waals surface area contributed by atoms with Gasteiger partial charge in [-0.3, -0.25) is 4.72 Å². The summed E-state index contributed by atoms with van der Waals surface area (Å²) in [6, 6.07) is 13.9. The van der Waals surface area contributed by atoms with E-state index in [-0.39, 0.29) is 43.4 Å². The minimum absolute atomic E-state index is 0.0606. The molecule has 1 atom stereocenters. The summed E-state index contributed by atoms with van der Waals surface area (Å²) in [7, 11) is 0. The number of aryl methyl sites for hydroxylation is 2. The van der Waals surface area contributed by atoms with Gasteiger partial charge < -0.3 is 19.9 Å². The highest BCUT2D eigenvalue weighted by atomic mass is 32.2. The van der Waals surface area contributed by atoms with Crippen molar-refractivity contribution < 1.29 is 32.5 Å². The molecule has 0 amide bonds. The van der Waals surface area contributed by atoms with Crippen LogP contribution in [0, 0.1) is 25.2 Å². The van der Waals surface area contributed by atoms with Gasteiger partial charge in [-0.1, -0.05) is 24.3 Å². The molecule has 1 saturated carbocycles. The molecule has 2 aromatic carbocycles. The van der Waals surface area contributed by atoms with Crippen molar-refractivity contribution >= 4 is 23.9 Å². The van der Waals surface area contributed by atoms with Gasteiger partial charge in [0, 0.05) is 35.8 Å². The maximum Gasteiger partial charge on any atom is 0.394 e. The molecule has 5 rings (SSSR count). The van der Waals surface area contributed by atoms with Crippen molar-refractivity contribution in [1.29, 1.82) is 0 Å². The van der Waals surface area contributed by atoms with E-state index in [2.05, 4.69) is 15.0 Å². The van der Waals surface area contributed by atoms with Gasteiger partial charge in [0.2, 0.25) is 11.8 Å². The minimum atomic E-state index is -4.20. The van der Waals surface area contributed by atoms with Crippen LogP contribution in [0.15, 0.2) is 53.4 Å². The first-order valence-electron chi connectivity index (χ1n) is 15.8. The highest BCUT2D eigenvalue weighted by Crippen LogP contribution is 2.60. The van der Waals surface area contributed by atoms with Crippen molar-refractivity contribution in [2.24, 2.45) is 11.3 Å². The molecule has 0 spiro atoms. The predicted octanol–water partition coefficient (Wildman–Crippen LogP) is 7.85. The normalized spacial score (nSPS) is 17.0. The van der Waals surface area contributed by atoms with Crippen molar-refractivity contribution in [1.82, 2.24) is 15.3 Å². The lowest BCUT2D eigenvalue weighted by Gasteiger charge is -2.26. The van der Waals surface area contributed by atoms with Crippen LogP contribution in [-0.4, -0.2) is 59.6 Å². The van der Waals surface area contributed by atoms with E-state index >= 15 is 0 Å². The summed E-state index contributed by atoms with van der Waals surface area (Å²) < 4.78 is 56.0. The zero-order valence-corrected chi connectivity index (χ0v) is 27.0. The molecule has 2 aliphatic rings. The number of hydrogen-bond acceptors (Lipinski definition) is 8. The Morgan fingerprint density at radius 2 is 1.83 bits per heavy atom. The van der Waals surface area contributed by atoms with E-state index in [1.54, 1.807) is 24.3 Å². The van der Waals surface area contributed by atoms with Gasteiger partial charge in [0.25, 0.3) is 0 Å². The molecule has 1 aliphatic heterocycles. The molecule has 8 nitrogen and oxygen atoms in total. The number of aromatic carboxylic acids is 1. The third-order valence-corrected chi connectivity index (χ3v) is 9.74. The molecule has 1 saturated heterocycles. The number of hydrogen-bond donors (Lipinski definition) is 3. The number of halogens is 3. The van der Waals surface area contributed by atoms with Gasteiger partial charge in [-0.25, -0.2) is 9.78 Å². The Morgan fingerprint density at radius 3 is 2.50 bits per heavy atom. The molecular weight excluding hydrogens is 617 g/mol. The van der Waals surface area contributed by atoms with Gasteiger partial charge in [-0.15, -0.1) is 0 Å². The van der Waals surface area contributed by atoms with E-state index in [0.29, 0.717) is 35.4 Å². The smallest absolute Gasteiger partial charge is 0.394 e. The molecule has 248 valence electrons. The number of nitrogens with zero attached hydrogens (tertiary/aromatic N) is 2. The summed E-state index contributed by atoms with van der Waals surface area (Å²) in [5, 5.41) is 12.8. The van der Waals surface area contributed by atoms with Gasteiger partial charge in [-0.2, -0.15) is 18.2 Å². The second-order valence-electron chi connectivity index (χ2n) is 12.3. The van der Waals surface area contributed by atoms with Crippen molar-refractivity contribution in [2.45, 2.75) is 75.9 Å². The van der Waals surface area contributed by atoms with Crippen molar-refractivity contribution in [2.75, 3.05) is 31.1 Å². The molecule has 0 radical (unpaired) electrons. The summed E-state index contributed by atoms with van der Waals surface area (Å²) in [5.41, 5.74) is 2.20. The molecule has 2 fully saturated rings. The van der Waals surface area contributed by atoms with Crippen LogP contribution in [0.4, 0.5) is 19.1 Å². The third kappa shape index (κ3) is 8.92. The average molecular weight is 659 g/mol. The van der Waals surface area contributed by atoms with Crippen LogP contribution in [0.5, 0.6) is 5.88 Å². The molecule has 12 heteroatoms. The third-order valence-electron chi connectivity index (χ3n) is 8.97. The Labute approximate surface area is 272 Å². The maximum atomic E-state index is 13.7. The lowest BCUT2D eigenvalue weighted by Crippen LogP contribution is -2.38. The zero-order chi connectivity index (χ0) is 32.7. The van der Waals surface area contributed by atoms with Gasteiger partial charge in [0.1, 0.15) is 6.61 Å². The fourth-order valence-corrected chi connectivity index (χ4v) is 6.55. The summed E-state index contributed by atoms with van der Waals surface area (Å²) >= 11 is 1.17. The first-order chi connectivity index (χ1) is 22.0. The average Bonchev–Trinajstić information content (AvgIpc) is 3.83. The standard InChI is InChI=1S/C34H41F3N4O4S/c1-22-5-3-6-23(2)30(22)28-20-29(40-32(39-28)41-46-27-8-4-7-25(19-27)31(42)43)45-21-26(9-13-33(14-15-33)34(35,36)37)38-16-10-24-11-17-44-18-12-24/h3-8,19-20,24,26,38H,9-18,21H2,1-2H3,(H,42,43)(H,39,40,41). The number of anilines is 1. The monoisotopic (exact) mass is 658 g/mol. The summed E-state index contributed by atoms with van der Waals surface area (Å²) in [4.78, 5) is 21.4. The number of carboxylic acid groups (broad SMARTS) is 1. The van der Waals surface area contributed by atoms with Crippen molar-refractivity contribution in [3.63, 3.8) is 0 Å². The van der Waals surface area contributed by atoms with Crippen LogP contribution in [-0.2, 0) is 4.74 Å². The van der Waals surface area contributed by atoms with Crippen molar-refractivity contribution in [3.05, 3.63) is 65.2 Å². The Balaban J connectivity index is 1.33. The molecule has 2 heterocycles. The molecule has 1 aromatic heterocycles. The van der Waals surface area contributed by atoms with Crippen LogP contribution < -0.4 is 14.8 Å². The number of carboxylic acids is 1. The molecule has 1 aliphatic carbocycles. The van der Waals surface area contributed by atoms with E-state index in [1.165, 1.54) is 18.0 Å². The van der Waals surface area contributed by atoms with Crippen LogP contribution in [0.25, 0.3) is 11.3 Å².